The van der Waals surface area contributed by atoms with E-state index in [1.165, 1.54) is 43.9 Å². The summed E-state index contributed by atoms with van der Waals surface area (Å²) in [5.74, 6) is -5.57. The summed E-state index contributed by atoms with van der Waals surface area (Å²) in [6, 6.07) is 6.64. The van der Waals surface area contributed by atoms with Gasteiger partial charge in [-0.1, -0.05) is 44.7 Å². The van der Waals surface area contributed by atoms with Crippen molar-refractivity contribution in [1.29, 1.82) is 0 Å². The van der Waals surface area contributed by atoms with Gasteiger partial charge in [-0.3, -0.25) is 0 Å². The predicted octanol–water partition coefficient (Wildman–Crippen LogP) is 9.82. The third-order valence-electron chi connectivity index (χ3n) is 7.09. The highest BCUT2D eigenvalue weighted by molar-refractivity contribution is 5.89. The fourth-order valence-corrected chi connectivity index (χ4v) is 5.25. The van der Waals surface area contributed by atoms with Crippen LogP contribution >= 0.6 is 0 Å². The number of ether oxygens (including phenoxy) is 1. The second kappa shape index (κ2) is 10.7. The molecule has 0 bridgehead atoms. The number of unbranched alkanes of at least 4 members (excludes halogenated alkanes) is 2. The molecular formula is C28H27F7O. The molecule has 3 aromatic carbocycles. The zero-order valence-electron chi connectivity index (χ0n) is 19.8. The molecule has 0 spiro atoms. The fourth-order valence-electron chi connectivity index (χ4n) is 5.25. The largest absolute Gasteiger partial charge is 0.573 e. The molecule has 36 heavy (non-hydrogen) atoms. The number of alkyl halides is 3. The molecule has 0 saturated heterocycles. The van der Waals surface area contributed by atoms with E-state index in [0.717, 1.165) is 37.8 Å². The number of hydrogen-bond acceptors (Lipinski definition) is 1. The van der Waals surface area contributed by atoms with Crippen LogP contribution in [0, 0.1) is 29.2 Å². The van der Waals surface area contributed by atoms with Crippen LogP contribution in [0.5, 0.6) is 5.75 Å². The zero-order chi connectivity index (χ0) is 26.0. The third kappa shape index (κ3) is 5.79. The van der Waals surface area contributed by atoms with Crippen LogP contribution in [0.4, 0.5) is 30.7 Å². The maximum atomic E-state index is 15.1. The standard InChI is InChI=1S/C28H27F7O/c1-2-3-4-5-16-6-8-17(9-7-16)19-13-22(29)25(23(30)14-19)18-10-11-21-20(12-18)15-24(31)27(26(21)32)36-28(33,34)35/h10-17H,2-9H2,1H3. The summed E-state index contributed by atoms with van der Waals surface area (Å²) < 4.78 is 99.8. The van der Waals surface area contributed by atoms with Crippen molar-refractivity contribution in [2.75, 3.05) is 0 Å². The molecule has 1 fully saturated rings. The molecule has 8 heteroatoms. The molecule has 1 aliphatic carbocycles. The van der Waals surface area contributed by atoms with Crippen molar-refractivity contribution in [3.05, 3.63) is 65.2 Å². The normalized spacial score (nSPS) is 18.6. The van der Waals surface area contributed by atoms with Crippen molar-refractivity contribution >= 4 is 10.8 Å². The minimum absolute atomic E-state index is 0.0203. The molecule has 1 saturated carbocycles. The predicted molar refractivity (Wildman–Crippen MR) is 125 cm³/mol. The van der Waals surface area contributed by atoms with Gasteiger partial charge in [0.05, 0.1) is 5.56 Å². The van der Waals surface area contributed by atoms with E-state index < -0.39 is 35.4 Å². The van der Waals surface area contributed by atoms with Crippen LogP contribution in [-0.4, -0.2) is 6.36 Å². The van der Waals surface area contributed by atoms with E-state index >= 15 is 8.78 Å². The molecule has 3 aromatic rings. The average Bonchev–Trinajstić information content (AvgIpc) is 2.81. The Morgan fingerprint density at radius 2 is 1.50 bits per heavy atom. The quantitative estimate of drug-likeness (QED) is 0.226. The van der Waals surface area contributed by atoms with Crippen LogP contribution < -0.4 is 4.74 Å². The van der Waals surface area contributed by atoms with Gasteiger partial charge in [0.25, 0.3) is 0 Å². The Bertz CT molecular complexity index is 1200. The SMILES string of the molecule is CCCCCC1CCC(c2cc(F)c(-c3ccc4c(F)c(OC(F)(F)F)c(F)cc4c3)c(F)c2)CC1. The van der Waals surface area contributed by atoms with Gasteiger partial charge in [-0.15, -0.1) is 13.2 Å². The van der Waals surface area contributed by atoms with Crippen LogP contribution in [0.1, 0.15) is 69.8 Å². The van der Waals surface area contributed by atoms with Gasteiger partial charge in [0.1, 0.15) is 11.6 Å². The highest BCUT2D eigenvalue weighted by Crippen LogP contribution is 2.41. The second-order valence-electron chi connectivity index (χ2n) is 9.56. The van der Waals surface area contributed by atoms with E-state index in [0.29, 0.717) is 17.5 Å². The molecule has 0 aliphatic heterocycles. The maximum absolute atomic E-state index is 15.1. The molecule has 0 heterocycles. The van der Waals surface area contributed by atoms with Crippen molar-refractivity contribution in [2.24, 2.45) is 5.92 Å². The molecule has 0 atom stereocenters. The Morgan fingerprint density at radius 3 is 2.11 bits per heavy atom. The molecular weight excluding hydrogens is 485 g/mol. The van der Waals surface area contributed by atoms with Crippen LogP contribution in [0.2, 0.25) is 0 Å². The summed E-state index contributed by atoms with van der Waals surface area (Å²) in [5.41, 5.74) is 0.255. The van der Waals surface area contributed by atoms with Crippen LogP contribution in [0.3, 0.4) is 0 Å². The first-order chi connectivity index (χ1) is 17.1. The van der Waals surface area contributed by atoms with E-state index in [4.69, 9.17) is 0 Å². The Labute approximate surface area is 205 Å². The first-order valence-corrected chi connectivity index (χ1v) is 12.2. The van der Waals surface area contributed by atoms with Gasteiger partial charge < -0.3 is 4.74 Å². The zero-order valence-corrected chi connectivity index (χ0v) is 19.8. The van der Waals surface area contributed by atoms with Crippen molar-refractivity contribution in [3.63, 3.8) is 0 Å². The fraction of sp³-hybridized carbons (Fsp3) is 0.429. The molecule has 0 unspecified atom stereocenters. The number of benzene rings is 3. The lowest BCUT2D eigenvalue weighted by atomic mass is 9.76. The van der Waals surface area contributed by atoms with Crippen LogP contribution in [0.15, 0.2) is 36.4 Å². The van der Waals surface area contributed by atoms with Gasteiger partial charge in [0, 0.05) is 5.39 Å². The van der Waals surface area contributed by atoms with Crippen LogP contribution in [0.25, 0.3) is 21.9 Å². The highest BCUT2D eigenvalue weighted by Gasteiger charge is 2.34. The first-order valence-electron chi connectivity index (χ1n) is 12.2. The Kier molecular flexibility index (Phi) is 7.81. The molecule has 194 valence electrons. The van der Waals surface area contributed by atoms with Gasteiger partial charge in [0.2, 0.25) is 5.75 Å². The number of rotatable bonds is 7. The van der Waals surface area contributed by atoms with Crippen molar-refractivity contribution in [3.8, 4) is 16.9 Å². The second-order valence-corrected chi connectivity index (χ2v) is 9.56. The van der Waals surface area contributed by atoms with E-state index in [1.54, 1.807) is 0 Å². The molecule has 4 rings (SSSR count). The number of fused-ring (bicyclic) bond motifs is 1. The summed E-state index contributed by atoms with van der Waals surface area (Å²) in [5, 5.41) is -0.520. The van der Waals surface area contributed by atoms with Crippen molar-refractivity contribution in [2.45, 2.75) is 70.6 Å². The average molecular weight is 513 g/mol. The van der Waals surface area contributed by atoms with E-state index in [-0.39, 0.29) is 27.8 Å². The lowest BCUT2D eigenvalue weighted by Gasteiger charge is -2.29. The molecule has 0 N–H and O–H groups in total. The lowest BCUT2D eigenvalue weighted by Crippen LogP contribution is -2.19. The van der Waals surface area contributed by atoms with Gasteiger partial charge in [-0.05, 0) is 78.3 Å². The van der Waals surface area contributed by atoms with E-state index in [2.05, 4.69) is 11.7 Å². The Morgan fingerprint density at radius 1 is 0.833 bits per heavy atom. The molecule has 0 aromatic heterocycles. The summed E-state index contributed by atoms with van der Waals surface area (Å²) >= 11 is 0. The molecule has 1 aliphatic rings. The monoisotopic (exact) mass is 512 g/mol. The lowest BCUT2D eigenvalue weighted by molar-refractivity contribution is -0.276. The smallest absolute Gasteiger partial charge is 0.399 e. The first kappa shape index (κ1) is 26.3. The summed E-state index contributed by atoms with van der Waals surface area (Å²) in [6.45, 7) is 2.17. The topological polar surface area (TPSA) is 9.23 Å². The van der Waals surface area contributed by atoms with Gasteiger partial charge in [0.15, 0.2) is 11.6 Å². The maximum Gasteiger partial charge on any atom is 0.573 e. The number of hydrogen-bond donors (Lipinski definition) is 0. The minimum Gasteiger partial charge on any atom is -0.399 e. The summed E-state index contributed by atoms with van der Waals surface area (Å²) in [4.78, 5) is 0. The highest BCUT2D eigenvalue weighted by atomic mass is 19.4. The summed E-state index contributed by atoms with van der Waals surface area (Å²) in [7, 11) is 0. The summed E-state index contributed by atoms with van der Waals surface area (Å²) in [6.07, 6.45) is 3.30. The van der Waals surface area contributed by atoms with Crippen LogP contribution in [-0.2, 0) is 0 Å². The van der Waals surface area contributed by atoms with Gasteiger partial charge >= 0.3 is 6.36 Å². The Hall–Kier alpha value is -2.77. The molecule has 0 amide bonds. The van der Waals surface area contributed by atoms with Gasteiger partial charge in [-0.2, -0.15) is 0 Å². The van der Waals surface area contributed by atoms with Gasteiger partial charge in [-0.25, -0.2) is 17.6 Å². The van der Waals surface area contributed by atoms with Crippen molar-refractivity contribution < 1.29 is 35.5 Å². The minimum atomic E-state index is -5.28. The van der Waals surface area contributed by atoms with E-state index in [1.807, 2.05) is 0 Å². The Balaban J connectivity index is 1.58. The van der Waals surface area contributed by atoms with E-state index in [9.17, 15) is 22.0 Å². The molecule has 1 nitrogen and oxygen atoms in total. The molecule has 0 radical (unpaired) electrons. The van der Waals surface area contributed by atoms with Crippen molar-refractivity contribution in [1.82, 2.24) is 0 Å². The number of halogens is 7. The third-order valence-corrected chi connectivity index (χ3v) is 7.09.